The molecule has 0 unspecified atom stereocenters. The van der Waals surface area contributed by atoms with Crippen molar-refractivity contribution in [3.8, 4) is 0 Å². The second kappa shape index (κ2) is 2.78. The van der Waals surface area contributed by atoms with Crippen molar-refractivity contribution in [3.63, 3.8) is 0 Å². The normalized spacial score (nSPS) is 15.0. The molecule has 0 saturated heterocycles. The van der Waals surface area contributed by atoms with Crippen molar-refractivity contribution in [2.75, 3.05) is 0 Å². The molecule has 11 heavy (non-hydrogen) atoms. The third-order valence-corrected chi connectivity index (χ3v) is 3.16. The van der Waals surface area contributed by atoms with Crippen LogP contribution in [-0.2, 0) is 19.4 Å². The first-order chi connectivity index (χ1) is 5.42. The molecule has 0 N–H and O–H groups in total. The first kappa shape index (κ1) is 7.04. The van der Waals surface area contributed by atoms with Crippen LogP contribution >= 0.6 is 11.3 Å². The molecule has 1 aromatic heterocycles. The van der Waals surface area contributed by atoms with Gasteiger partial charge in [0.15, 0.2) is 5.69 Å². The summed E-state index contributed by atoms with van der Waals surface area (Å²) >= 11 is 1.89. The van der Waals surface area contributed by atoms with Gasteiger partial charge >= 0.3 is 0 Å². The van der Waals surface area contributed by atoms with Gasteiger partial charge in [0, 0.05) is 6.42 Å². The molecule has 1 aliphatic carbocycles. The molecule has 0 spiro atoms. The number of aryl methyl sites for hydroxylation is 1. The standard InChI is InChI=1S/C9H12NS/c1-2-10-7-11-9-6-4-3-5-8(9)10/h3-4,7H,2,5-6H2,1H3/q+1. The van der Waals surface area contributed by atoms with Crippen LogP contribution in [0.5, 0.6) is 0 Å². The van der Waals surface area contributed by atoms with Gasteiger partial charge in [-0.2, -0.15) is 4.57 Å². The van der Waals surface area contributed by atoms with Gasteiger partial charge in [-0.3, -0.25) is 0 Å². The molecule has 0 radical (unpaired) electrons. The van der Waals surface area contributed by atoms with Crippen molar-refractivity contribution >= 4 is 11.3 Å². The molecule has 0 aromatic carbocycles. The number of fused-ring (bicyclic) bond motifs is 1. The first-order valence-electron chi connectivity index (χ1n) is 4.05. The molecule has 1 heterocycles. The summed E-state index contributed by atoms with van der Waals surface area (Å²) in [5, 5.41) is 0. The van der Waals surface area contributed by atoms with E-state index in [0.29, 0.717) is 0 Å². The van der Waals surface area contributed by atoms with Crippen molar-refractivity contribution in [2.45, 2.75) is 26.3 Å². The highest BCUT2D eigenvalue weighted by Crippen LogP contribution is 2.17. The van der Waals surface area contributed by atoms with E-state index in [1.54, 1.807) is 4.88 Å². The van der Waals surface area contributed by atoms with Gasteiger partial charge in [-0.15, -0.1) is 0 Å². The molecule has 0 atom stereocenters. The van der Waals surface area contributed by atoms with Gasteiger partial charge in [0.1, 0.15) is 6.54 Å². The van der Waals surface area contributed by atoms with Crippen molar-refractivity contribution < 1.29 is 4.57 Å². The lowest BCUT2D eigenvalue weighted by Gasteiger charge is -1.99. The summed E-state index contributed by atoms with van der Waals surface area (Å²) in [4.78, 5) is 1.55. The van der Waals surface area contributed by atoms with Gasteiger partial charge in [0.2, 0.25) is 5.51 Å². The number of hydrogen-bond donors (Lipinski definition) is 0. The number of hydrogen-bond acceptors (Lipinski definition) is 1. The maximum absolute atomic E-state index is 2.35. The smallest absolute Gasteiger partial charge is 0.192 e. The molecule has 0 aliphatic heterocycles. The summed E-state index contributed by atoms with van der Waals surface area (Å²) in [5.74, 6) is 0. The molecule has 1 aliphatic rings. The summed E-state index contributed by atoms with van der Waals surface area (Å²) in [7, 11) is 0. The molecular formula is C9H12NS+. The summed E-state index contributed by atoms with van der Waals surface area (Å²) in [6.45, 7) is 3.31. The van der Waals surface area contributed by atoms with E-state index < -0.39 is 0 Å². The van der Waals surface area contributed by atoms with E-state index in [1.165, 1.54) is 5.69 Å². The van der Waals surface area contributed by atoms with Crippen LogP contribution in [0.1, 0.15) is 17.5 Å². The maximum Gasteiger partial charge on any atom is 0.225 e. The van der Waals surface area contributed by atoms with Gasteiger partial charge in [-0.05, 0) is 6.92 Å². The Morgan fingerprint density at radius 3 is 3.09 bits per heavy atom. The van der Waals surface area contributed by atoms with Crippen LogP contribution < -0.4 is 4.57 Å². The Morgan fingerprint density at radius 2 is 2.27 bits per heavy atom. The highest BCUT2D eigenvalue weighted by atomic mass is 32.1. The van der Waals surface area contributed by atoms with Crippen LogP contribution in [0.25, 0.3) is 0 Å². The van der Waals surface area contributed by atoms with Crippen molar-refractivity contribution in [1.29, 1.82) is 0 Å². The summed E-state index contributed by atoms with van der Waals surface area (Å²) in [6, 6.07) is 0. The summed E-state index contributed by atoms with van der Waals surface area (Å²) < 4.78 is 2.35. The van der Waals surface area contributed by atoms with E-state index in [1.807, 2.05) is 11.3 Å². The second-order valence-electron chi connectivity index (χ2n) is 2.76. The van der Waals surface area contributed by atoms with Gasteiger partial charge in [0.05, 0.1) is 11.3 Å². The minimum Gasteiger partial charge on any atom is -0.192 e. The monoisotopic (exact) mass is 166 g/mol. The van der Waals surface area contributed by atoms with Gasteiger partial charge in [0.25, 0.3) is 0 Å². The van der Waals surface area contributed by atoms with E-state index in [2.05, 4.69) is 29.2 Å². The molecule has 0 saturated carbocycles. The Labute approximate surface area is 71.0 Å². The number of thiazole rings is 1. The fraction of sp³-hybridized carbons (Fsp3) is 0.444. The third kappa shape index (κ3) is 1.11. The molecule has 0 fully saturated rings. The van der Waals surface area contributed by atoms with Crippen molar-refractivity contribution in [1.82, 2.24) is 0 Å². The molecule has 0 amide bonds. The van der Waals surface area contributed by atoms with E-state index >= 15 is 0 Å². The summed E-state index contributed by atoms with van der Waals surface area (Å²) in [5.41, 5.74) is 3.76. The van der Waals surface area contributed by atoms with Gasteiger partial charge in [-0.1, -0.05) is 23.5 Å². The highest BCUT2D eigenvalue weighted by Gasteiger charge is 2.17. The number of aromatic nitrogens is 1. The number of nitrogens with zero attached hydrogens (tertiary/aromatic N) is 1. The zero-order valence-corrected chi connectivity index (χ0v) is 7.53. The van der Waals surface area contributed by atoms with Crippen LogP contribution in [0.3, 0.4) is 0 Å². The SMILES string of the molecule is CC[n+]1csc2c1CC=CC2. The zero-order valence-electron chi connectivity index (χ0n) is 6.71. The largest absolute Gasteiger partial charge is 0.225 e. The van der Waals surface area contributed by atoms with Crippen LogP contribution in [0.15, 0.2) is 17.7 Å². The lowest BCUT2D eigenvalue weighted by molar-refractivity contribution is -0.695. The molecule has 1 aromatic rings. The Hall–Kier alpha value is -0.630. The topological polar surface area (TPSA) is 3.88 Å². The van der Waals surface area contributed by atoms with Crippen LogP contribution in [0.4, 0.5) is 0 Å². The average molecular weight is 166 g/mol. The molecular weight excluding hydrogens is 154 g/mol. The first-order valence-corrected chi connectivity index (χ1v) is 4.93. The molecule has 0 bridgehead atoms. The Kier molecular flexibility index (Phi) is 1.78. The number of allylic oxidation sites excluding steroid dienone is 2. The third-order valence-electron chi connectivity index (χ3n) is 2.11. The van der Waals surface area contributed by atoms with Crippen LogP contribution in [0.2, 0.25) is 0 Å². The van der Waals surface area contributed by atoms with Crippen LogP contribution in [-0.4, -0.2) is 0 Å². The van der Waals surface area contributed by atoms with E-state index in [0.717, 1.165) is 19.4 Å². The van der Waals surface area contributed by atoms with Crippen LogP contribution in [0, 0.1) is 0 Å². The quantitative estimate of drug-likeness (QED) is 0.442. The van der Waals surface area contributed by atoms with E-state index in [-0.39, 0.29) is 0 Å². The molecule has 2 rings (SSSR count). The Bertz CT molecular complexity index is 286. The minimum absolute atomic E-state index is 1.11. The van der Waals surface area contributed by atoms with Crippen molar-refractivity contribution in [2.24, 2.45) is 0 Å². The molecule has 58 valence electrons. The van der Waals surface area contributed by atoms with Gasteiger partial charge < -0.3 is 0 Å². The van der Waals surface area contributed by atoms with Crippen molar-refractivity contribution in [3.05, 3.63) is 28.2 Å². The maximum atomic E-state index is 2.35. The Morgan fingerprint density at radius 1 is 1.45 bits per heavy atom. The lowest BCUT2D eigenvalue weighted by atomic mass is 10.1. The minimum atomic E-state index is 1.11. The molecule has 2 heteroatoms. The summed E-state index contributed by atoms with van der Waals surface area (Å²) in [6.07, 6.45) is 6.81. The predicted molar refractivity (Wildman–Crippen MR) is 46.7 cm³/mol. The van der Waals surface area contributed by atoms with Gasteiger partial charge in [-0.25, -0.2) is 0 Å². The zero-order chi connectivity index (χ0) is 7.68. The highest BCUT2D eigenvalue weighted by molar-refractivity contribution is 7.09. The molecule has 1 nitrogen and oxygen atoms in total. The number of rotatable bonds is 1. The van der Waals surface area contributed by atoms with E-state index in [9.17, 15) is 0 Å². The Balaban J connectivity index is 2.42. The second-order valence-corrected chi connectivity index (χ2v) is 3.70. The lowest BCUT2D eigenvalue weighted by Crippen LogP contribution is -2.34. The fourth-order valence-corrected chi connectivity index (χ4v) is 2.53. The van der Waals surface area contributed by atoms with E-state index in [4.69, 9.17) is 0 Å². The predicted octanol–water partition coefficient (Wildman–Crippen LogP) is 1.71. The average Bonchev–Trinajstić information content (AvgIpc) is 2.47. The fourth-order valence-electron chi connectivity index (χ4n) is 1.47.